The molecule has 0 bridgehead atoms. The van der Waals surface area contributed by atoms with Crippen molar-refractivity contribution < 1.29 is 19.8 Å². The van der Waals surface area contributed by atoms with Crippen molar-refractivity contribution in [1.29, 1.82) is 0 Å². The zero-order valence-electron chi connectivity index (χ0n) is 10.8. The van der Waals surface area contributed by atoms with Crippen molar-refractivity contribution in [1.82, 2.24) is 0 Å². The lowest BCUT2D eigenvalue weighted by molar-refractivity contribution is -0.147. The Hall–Kier alpha value is -0.200. The first-order valence-corrected chi connectivity index (χ1v) is 7.43. The molecule has 4 nitrogen and oxygen atoms in total. The molecule has 0 fully saturated rings. The lowest BCUT2D eigenvalue weighted by Crippen LogP contribution is -2.03. The van der Waals surface area contributed by atoms with E-state index in [0.29, 0.717) is 0 Å². The number of carboxylic acids is 2. The van der Waals surface area contributed by atoms with Gasteiger partial charge in [0.1, 0.15) is 6.42 Å². The second-order valence-corrected chi connectivity index (χ2v) is 4.40. The van der Waals surface area contributed by atoms with E-state index in [0.717, 1.165) is 0 Å². The van der Waals surface area contributed by atoms with Gasteiger partial charge in [0.2, 0.25) is 0 Å². The summed E-state index contributed by atoms with van der Waals surface area (Å²) in [5.74, 6) is -2.62. The predicted octanol–water partition coefficient (Wildman–Crippen LogP) is 2.87. The van der Waals surface area contributed by atoms with E-state index in [4.69, 9.17) is 10.2 Å². The van der Waals surface area contributed by atoms with Gasteiger partial charge in [0, 0.05) is 0 Å². The Morgan fingerprint density at radius 3 is 1.18 bits per heavy atom. The Morgan fingerprint density at radius 1 is 0.882 bits per heavy atom. The van der Waals surface area contributed by atoms with Gasteiger partial charge < -0.3 is 10.2 Å². The average molecular weight is 284 g/mol. The number of rotatable bonds is 6. The Morgan fingerprint density at radius 2 is 1.18 bits per heavy atom. The summed E-state index contributed by atoms with van der Waals surface area (Å²) in [6.07, 6.45) is 7.06. The molecule has 0 saturated carbocycles. The van der Waals surface area contributed by atoms with Crippen molar-refractivity contribution >= 4 is 30.4 Å². The van der Waals surface area contributed by atoms with E-state index in [2.05, 4.69) is 32.3 Å². The second-order valence-electron chi connectivity index (χ2n) is 3.25. The number of hydrogen-bond donors (Lipinski definition) is 2. The molecule has 0 aliphatic carbocycles. The van der Waals surface area contributed by atoms with E-state index in [9.17, 15) is 9.59 Å². The highest BCUT2D eigenvalue weighted by Crippen LogP contribution is 1.90. The molecule has 0 aromatic heterocycles. The van der Waals surface area contributed by atoms with Gasteiger partial charge >= 0.3 is 11.9 Å². The van der Waals surface area contributed by atoms with E-state index < -0.39 is 18.4 Å². The van der Waals surface area contributed by atoms with Gasteiger partial charge in [0.25, 0.3) is 0 Å². The predicted molar refractivity (Wildman–Crippen MR) is 78.9 cm³/mol. The van der Waals surface area contributed by atoms with Gasteiger partial charge in [-0.2, -0.15) is 0 Å². The SMILES string of the molecule is CCCCP.CCCCP.O=C(O)CC(=O)O. The standard InChI is InChI=1S/2C4H11P.C3H4O4/c2*1-2-3-4-5;4-2(5)1-3(6)7/h2*2-5H2,1H3;1H2,(H,4,5)(H,6,7). The topological polar surface area (TPSA) is 74.6 Å². The molecule has 0 saturated heterocycles. The largest absolute Gasteiger partial charge is 0.481 e. The van der Waals surface area contributed by atoms with Gasteiger partial charge in [-0.05, 0) is 12.3 Å². The number of aliphatic carboxylic acids is 2. The first kappa shape index (κ1) is 22.0. The molecule has 0 aromatic carbocycles. The maximum absolute atomic E-state index is 9.43. The highest BCUT2D eigenvalue weighted by atomic mass is 31.0. The summed E-state index contributed by atoms with van der Waals surface area (Å²) in [6, 6.07) is 0. The zero-order chi connectivity index (χ0) is 14.1. The average Bonchev–Trinajstić information content (AvgIpc) is 2.19. The van der Waals surface area contributed by atoms with Crippen LogP contribution in [0.15, 0.2) is 0 Å². The molecule has 0 heterocycles. The van der Waals surface area contributed by atoms with Crippen LogP contribution in [0.2, 0.25) is 0 Å². The minimum absolute atomic E-state index is 0.806. The molecule has 0 radical (unpaired) electrons. The number of carbonyl (C=O) groups is 2. The third kappa shape index (κ3) is 49.5. The Kier molecular flexibility index (Phi) is 27.4. The van der Waals surface area contributed by atoms with Crippen molar-refractivity contribution in [2.24, 2.45) is 0 Å². The molecular formula is C11H26O4P2. The molecule has 0 rings (SSSR count). The van der Waals surface area contributed by atoms with E-state index in [-0.39, 0.29) is 0 Å². The Labute approximate surface area is 109 Å². The Bertz CT molecular complexity index is 153. The first-order valence-electron chi connectivity index (χ1n) is 5.79. The molecule has 0 aliphatic heterocycles. The molecule has 2 atom stereocenters. The van der Waals surface area contributed by atoms with Crippen molar-refractivity contribution in [2.75, 3.05) is 12.3 Å². The van der Waals surface area contributed by atoms with Gasteiger partial charge in [0.15, 0.2) is 0 Å². The second kappa shape index (κ2) is 21.1. The van der Waals surface area contributed by atoms with Crippen LogP contribution in [-0.2, 0) is 9.59 Å². The molecule has 2 unspecified atom stereocenters. The summed E-state index contributed by atoms with van der Waals surface area (Å²) < 4.78 is 0. The summed E-state index contributed by atoms with van der Waals surface area (Å²) in [4.78, 5) is 18.9. The van der Waals surface area contributed by atoms with Crippen LogP contribution in [0, 0.1) is 0 Å². The number of unbranched alkanes of at least 4 members (excludes halogenated alkanes) is 2. The van der Waals surface area contributed by atoms with Crippen LogP contribution in [-0.4, -0.2) is 34.5 Å². The minimum atomic E-state index is -1.31. The van der Waals surface area contributed by atoms with Gasteiger partial charge in [-0.15, -0.1) is 18.5 Å². The zero-order valence-corrected chi connectivity index (χ0v) is 13.1. The fourth-order valence-corrected chi connectivity index (χ4v) is 1.35. The van der Waals surface area contributed by atoms with E-state index in [1.807, 2.05) is 0 Å². The fraction of sp³-hybridized carbons (Fsp3) is 0.818. The van der Waals surface area contributed by atoms with Crippen LogP contribution in [0.4, 0.5) is 0 Å². The van der Waals surface area contributed by atoms with Gasteiger partial charge in [0.05, 0.1) is 0 Å². The van der Waals surface area contributed by atoms with E-state index in [1.165, 1.54) is 38.0 Å². The molecule has 0 aromatic rings. The van der Waals surface area contributed by atoms with Crippen LogP contribution >= 0.6 is 18.5 Å². The van der Waals surface area contributed by atoms with Crippen LogP contribution in [0.5, 0.6) is 0 Å². The van der Waals surface area contributed by atoms with Crippen molar-refractivity contribution in [3.05, 3.63) is 0 Å². The monoisotopic (exact) mass is 284 g/mol. The summed E-state index contributed by atoms with van der Waals surface area (Å²) in [5, 5.41) is 15.4. The van der Waals surface area contributed by atoms with Crippen LogP contribution in [0.3, 0.4) is 0 Å². The molecule has 0 amide bonds. The summed E-state index contributed by atoms with van der Waals surface area (Å²) in [7, 11) is 5.40. The number of carboxylic acid groups (broad SMARTS) is 2. The van der Waals surface area contributed by atoms with Gasteiger partial charge in [-0.3, -0.25) is 9.59 Å². The molecule has 17 heavy (non-hydrogen) atoms. The third-order valence-corrected chi connectivity index (χ3v) is 2.23. The first-order chi connectivity index (χ1) is 7.95. The van der Waals surface area contributed by atoms with Crippen LogP contribution < -0.4 is 0 Å². The molecule has 104 valence electrons. The van der Waals surface area contributed by atoms with E-state index >= 15 is 0 Å². The van der Waals surface area contributed by atoms with Crippen molar-refractivity contribution in [2.45, 2.75) is 46.0 Å². The molecule has 6 heteroatoms. The van der Waals surface area contributed by atoms with Crippen LogP contribution in [0.1, 0.15) is 46.0 Å². The normalized spacial score (nSPS) is 8.24. The molecule has 0 aliphatic rings. The number of hydrogen-bond acceptors (Lipinski definition) is 2. The fourth-order valence-electron chi connectivity index (χ4n) is 0.538. The summed E-state index contributed by atoms with van der Waals surface area (Å²) >= 11 is 0. The van der Waals surface area contributed by atoms with Gasteiger partial charge in [-0.1, -0.05) is 39.5 Å². The maximum Gasteiger partial charge on any atom is 0.314 e. The maximum atomic E-state index is 9.43. The highest BCUT2D eigenvalue weighted by molar-refractivity contribution is 7.16. The van der Waals surface area contributed by atoms with Gasteiger partial charge in [-0.25, -0.2) is 0 Å². The van der Waals surface area contributed by atoms with Crippen molar-refractivity contribution in [3.63, 3.8) is 0 Å². The molecular weight excluding hydrogens is 258 g/mol. The highest BCUT2D eigenvalue weighted by Gasteiger charge is 2.01. The van der Waals surface area contributed by atoms with Crippen molar-refractivity contribution in [3.8, 4) is 0 Å². The molecule has 0 spiro atoms. The molecule has 2 N–H and O–H groups in total. The Balaban J connectivity index is -0.000000177. The summed E-state index contributed by atoms with van der Waals surface area (Å²) in [5.41, 5.74) is 0. The third-order valence-electron chi connectivity index (χ3n) is 1.42. The summed E-state index contributed by atoms with van der Waals surface area (Å²) in [6.45, 7) is 4.40. The smallest absolute Gasteiger partial charge is 0.314 e. The quantitative estimate of drug-likeness (QED) is 0.581. The lowest BCUT2D eigenvalue weighted by atomic mass is 10.4. The lowest BCUT2D eigenvalue weighted by Gasteiger charge is -1.80. The van der Waals surface area contributed by atoms with E-state index in [1.54, 1.807) is 0 Å². The van der Waals surface area contributed by atoms with Crippen LogP contribution in [0.25, 0.3) is 0 Å². The minimum Gasteiger partial charge on any atom is -0.481 e.